The maximum Gasteiger partial charge on any atom is 0.357 e. The molecule has 3 aliphatic heterocycles. The van der Waals surface area contributed by atoms with E-state index in [4.69, 9.17) is 14.2 Å². The lowest BCUT2D eigenvalue weighted by Crippen LogP contribution is -2.56. The molecule has 3 heterocycles. The van der Waals surface area contributed by atoms with E-state index in [1.165, 1.54) is 26.2 Å². The summed E-state index contributed by atoms with van der Waals surface area (Å²) in [6.45, 7) is 4.21. The zero-order valence-electron chi connectivity index (χ0n) is 21.1. The molecule has 1 aromatic carbocycles. The predicted molar refractivity (Wildman–Crippen MR) is 133 cm³/mol. The number of anilines is 1. The van der Waals surface area contributed by atoms with E-state index in [1.54, 1.807) is 6.08 Å². The third-order valence-electron chi connectivity index (χ3n) is 7.95. The van der Waals surface area contributed by atoms with Gasteiger partial charge in [0.05, 0.1) is 38.4 Å². The summed E-state index contributed by atoms with van der Waals surface area (Å²) < 4.78 is 15.3. The summed E-state index contributed by atoms with van der Waals surface area (Å²) in [4.78, 5) is 61.3. The summed E-state index contributed by atoms with van der Waals surface area (Å²) >= 11 is 0. The normalized spacial score (nSPS) is 25.9. The molecule has 2 unspecified atom stereocenters. The Morgan fingerprint density at radius 1 is 1.08 bits per heavy atom. The standard InChI is InChI=1S/C27H29N3O7/c1-5-13-29-17-12-7-6-11-16(17)27-14-18(23(32)35-2)30(22(31)15-9-8-10-15)26(27)28-20(25(34)37-4)19(21(27)29)24(33)36-3/h5-7,11-12,15,18,21H,1,8-10,13-14H2,2-4H3/t18?,21?,27-/m0/s1. The first-order chi connectivity index (χ1) is 17.8. The van der Waals surface area contributed by atoms with E-state index in [9.17, 15) is 19.2 Å². The van der Waals surface area contributed by atoms with Crippen molar-refractivity contribution in [3.05, 3.63) is 53.8 Å². The van der Waals surface area contributed by atoms with E-state index >= 15 is 0 Å². The molecule has 1 saturated heterocycles. The van der Waals surface area contributed by atoms with Gasteiger partial charge in [-0.15, -0.1) is 6.58 Å². The number of carbonyl (C=O) groups is 4. The maximum atomic E-state index is 13.8. The fourth-order valence-corrected chi connectivity index (χ4v) is 6.17. The Hall–Kier alpha value is -3.95. The molecular formula is C27H29N3O7. The summed E-state index contributed by atoms with van der Waals surface area (Å²) in [7, 11) is 3.70. The van der Waals surface area contributed by atoms with E-state index in [0.717, 1.165) is 17.7 Å². The minimum absolute atomic E-state index is 0.0118. The molecule has 5 rings (SSSR count). The first-order valence-corrected chi connectivity index (χ1v) is 12.2. The van der Waals surface area contributed by atoms with Crippen LogP contribution >= 0.6 is 0 Å². The van der Waals surface area contributed by atoms with Gasteiger partial charge in [-0.2, -0.15) is 0 Å². The number of nitrogens with zero attached hydrogens (tertiary/aromatic N) is 3. The zero-order chi connectivity index (χ0) is 26.5. The number of rotatable bonds is 6. The molecule has 1 spiro atoms. The Labute approximate surface area is 214 Å². The highest BCUT2D eigenvalue weighted by molar-refractivity contribution is 6.17. The second-order valence-corrected chi connectivity index (χ2v) is 9.59. The van der Waals surface area contributed by atoms with E-state index in [2.05, 4.69) is 11.6 Å². The van der Waals surface area contributed by atoms with Crippen LogP contribution < -0.4 is 4.90 Å². The molecule has 0 bridgehead atoms. The molecule has 2 fully saturated rings. The molecule has 37 heavy (non-hydrogen) atoms. The van der Waals surface area contributed by atoms with Crippen LogP contribution in [-0.2, 0) is 38.8 Å². The average molecular weight is 508 g/mol. The van der Waals surface area contributed by atoms with Crippen LogP contribution in [0.5, 0.6) is 0 Å². The Balaban J connectivity index is 1.85. The number of ether oxygens (including phenoxy) is 3. The Kier molecular flexibility index (Phi) is 6.13. The Morgan fingerprint density at radius 3 is 2.38 bits per heavy atom. The van der Waals surface area contributed by atoms with Crippen LogP contribution in [0.3, 0.4) is 0 Å². The number of fused-ring (bicyclic) bond motifs is 1. The van der Waals surface area contributed by atoms with E-state index in [-0.39, 0.29) is 35.4 Å². The molecule has 0 aromatic heterocycles. The first-order valence-electron chi connectivity index (χ1n) is 12.2. The molecule has 10 heteroatoms. The van der Waals surface area contributed by atoms with Crippen LogP contribution in [-0.4, -0.2) is 74.5 Å². The smallest absolute Gasteiger partial charge is 0.357 e. The van der Waals surface area contributed by atoms with E-state index in [1.807, 2.05) is 29.2 Å². The number of likely N-dealkylation sites (tertiary alicyclic amines) is 1. The van der Waals surface area contributed by atoms with Crippen LogP contribution in [0.1, 0.15) is 31.2 Å². The van der Waals surface area contributed by atoms with Gasteiger partial charge in [0, 0.05) is 18.2 Å². The van der Waals surface area contributed by atoms with Gasteiger partial charge in [0.25, 0.3) is 0 Å². The number of esters is 3. The van der Waals surface area contributed by atoms with Gasteiger partial charge < -0.3 is 19.1 Å². The topological polar surface area (TPSA) is 115 Å². The summed E-state index contributed by atoms with van der Waals surface area (Å²) in [5, 5.41) is 0. The number of amides is 1. The van der Waals surface area contributed by atoms with Crippen LogP contribution in [0, 0.1) is 5.92 Å². The molecular weight excluding hydrogens is 478 g/mol. The SMILES string of the molecule is C=CCN1c2ccccc2[C@]23CC(C(=O)OC)N(C(=O)C4CCC4)C2=NC(C(=O)OC)=C(C(=O)OC)C13. The number of aliphatic imine (C=N–C) groups is 1. The van der Waals surface area contributed by atoms with Crippen molar-refractivity contribution in [3.8, 4) is 0 Å². The van der Waals surface area contributed by atoms with Crippen LogP contribution in [0.4, 0.5) is 5.69 Å². The third kappa shape index (κ3) is 3.34. The van der Waals surface area contributed by atoms with Crippen molar-refractivity contribution in [2.24, 2.45) is 10.9 Å². The second kappa shape index (κ2) is 9.17. The maximum absolute atomic E-state index is 13.8. The highest BCUT2D eigenvalue weighted by Crippen LogP contribution is 2.58. The van der Waals surface area contributed by atoms with Crippen molar-refractivity contribution in [2.45, 2.75) is 43.2 Å². The summed E-state index contributed by atoms with van der Waals surface area (Å²) in [6.07, 6.45) is 4.15. The van der Waals surface area contributed by atoms with Crippen molar-refractivity contribution in [3.63, 3.8) is 0 Å². The first kappa shape index (κ1) is 24.7. The van der Waals surface area contributed by atoms with Crippen molar-refractivity contribution in [1.82, 2.24) is 4.90 Å². The molecule has 1 aliphatic carbocycles. The molecule has 10 nitrogen and oxygen atoms in total. The minimum atomic E-state index is -1.10. The van der Waals surface area contributed by atoms with Crippen molar-refractivity contribution < 1.29 is 33.4 Å². The van der Waals surface area contributed by atoms with E-state index < -0.39 is 35.4 Å². The molecule has 3 atom stereocenters. The number of carbonyl (C=O) groups excluding carboxylic acids is 4. The number of hydrogen-bond acceptors (Lipinski definition) is 9. The van der Waals surface area contributed by atoms with Gasteiger partial charge in [-0.3, -0.25) is 9.69 Å². The third-order valence-corrected chi connectivity index (χ3v) is 7.95. The Morgan fingerprint density at radius 2 is 1.78 bits per heavy atom. The quantitative estimate of drug-likeness (QED) is 0.326. The van der Waals surface area contributed by atoms with Gasteiger partial charge in [-0.25, -0.2) is 19.4 Å². The van der Waals surface area contributed by atoms with E-state index in [0.29, 0.717) is 19.4 Å². The minimum Gasteiger partial charge on any atom is -0.467 e. The van der Waals surface area contributed by atoms with Crippen molar-refractivity contribution in [2.75, 3.05) is 32.8 Å². The largest absolute Gasteiger partial charge is 0.467 e. The lowest BCUT2D eigenvalue weighted by molar-refractivity contribution is -0.151. The summed E-state index contributed by atoms with van der Waals surface area (Å²) in [5.74, 6) is -2.41. The Bertz CT molecular complexity index is 1260. The van der Waals surface area contributed by atoms with Gasteiger partial charge in [0.2, 0.25) is 5.91 Å². The molecule has 1 saturated carbocycles. The molecule has 0 radical (unpaired) electrons. The average Bonchev–Trinajstić information content (AvgIpc) is 3.37. The predicted octanol–water partition coefficient (Wildman–Crippen LogP) is 1.89. The molecule has 1 aromatic rings. The number of methoxy groups -OCH3 is 3. The number of amidine groups is 1. The molecule has 4 aliphatic rings. The second-order valence-electron chi connectivity index (χ2n) is 9.59. The van der Waals surface area contributed by atoms with Gasteiger partial charge in [-0.1, -0.05) is 30.7 Å². The summed E-state index contributed by atoms with van der Waals surface area (Å²) in [5.41, 5.74) is 0.248. The lowest BCUT2D eigenvalue weighted by Gasteiger charge is -2.41. The van der Waals surface area contributed by atoms with Gasteiger partial charge >= 0.3 is 17.9 Å². The highest BCUT2D eigenvalue weighted by atomic mass is 16.5. The molecule has 194 valence electrons. The highest BCUT2D eigenvalue weighted by Gasteiger charge is 2.68. The van der Waals surface area contributed by atoms with Gasteiger partial charge in [0.1, 0.15) is 11.9 Å². The number of hydrogen-bond donors (Lipinski definition) is 0. The fraction of sp³-hybridized carbons (Fsp3) is 0.444. The number of para-hydroxylation sites is 1. The monoisotopic (exact) mass is 507 g/mol. The van der Waals surface area contributed by atoms with Crippen LogP contribution in [0.25, 0.3) is 0 Å². The van der Waals surface area contributed by atoms with Gasteiger partial charge in [-0.05, 0) is 30.9 Å². The van der Waals surface area contributed by atoms with Gasteiger partial charge in [0.15, 0.2) is 5.70 Å². The van der Waals surface area contributed by atoms with Crippen LogP contribution in [0.15, 0.2) is 53.2 Å². The lowest BCUT2D eigenvalue weighted by atomic mass is 9.69. The fourth-order valence-electron chi connectivity index (χ4n) is 6.17. The zero-order valence-corrected chi connectivity index (χ0v) is 21.1. The molecule has 1 amide bonds. The number of benzene rings is 1. The van der Waals surface area contributed by atoms with Crippen molar-refractivity contribution in [1.29, 1.82) is 0 Å². The van der Waals surface area contributed by atoms with Crippen molar-refractivity contribution >= 4 is 35.3 Å². The molecule has 0 N–H and O–H groups in total. The van der Waals surface area contributed by atoms with Crippen LogP contribution in [0.2, 0.25) is 0 Å². The summed E-state index contributed by atoms with van der Waals surface area (Å²) in [6, 6.07) is 5.76.